The quantitative estimate of drug-likeness (QED) is 0.829. The average Bonchev–Trinajstić information content (AvgIpc) is 2.67. The Morgan fingerprint density at radius 3 is 2.67 bits per heavy atom. The summed E-state index contributed by atoms with van der Waals surface area (Å²) in [6, 6.07) is 7.48. The summed E-state index contributed by atoms with van der Waals surface area (Å²) in [4.78, 5) is 14.8. The van der Waals surface area contributed by atoms with Crippen molar-refractivity contribution in [2.24, 2.45) is 0 Å². The van der Waals surface area contributed by atoms with Crippen LogP contribution in [0.2, 0.25) is 0 Å². The Morgan fingerprint density at radius 2 is 2.07 bits per heavy atom. The van der Waals surface area contributed by atoms with Crippen molar-refractivity contribution in [2.75, 3.05) is 0 Å². The number of carbonyl (C=O) groups is 1. The fourth-order valence-corrected chi connectivity index (χ4v) is 2.11. The molecule has 0 amide bonds. The molecule has 0 unspecified atom stereocenters. The number of aromatic amines is 1. The highest BCUT2D eigenvalue weighted by Gasteiger charge is 2.09. The van der Waals surface area contributed by atoms with Crippen LogP contribution in [0.15, 0.2) is 41.1 Å². The van der Waals surface area contributed by atoms with Crippen LogP contribution in [-0.4, -0.2) is 10.8 Å². The van der Waals surface area contributed by atoms with Crippen LogP contribution in [0.1, 0.15) is 21.5 Å². The molecule has 1 heterocycles. The van der Waals surface area contributed by atoms with Gasteiger partial charge in [-0.2, -0.15) is 0 Å². The van der Waals surface area contributed by atoms with Crippen LogP contribution >= 0.6 is 15.9 Å². The fourth-order valence-electron chi connectivity index (χ4n) is 1.50. The maximum atomic E-state index is 12.0. The second kappa shape index (κ2) is 4.03. The first-order valence-corrected chi connectivity index (χ1v) is 5.41. The van der Waals surface area contributed by atoms with Gasteiger partial charge in [0.25, 0.3) is 0 Å². The van der Waals surface area contributed by atoms with Crippen LogP contribution in [0.4, 0.5) is 0 Å². The zero-order valence-corrected chi connectivity index (χ0v) is 9.84. The number of hydrogen-bond donors (Lipinski definition) is 1. The molecular weight excluding hydrogens is 254 g/mol. The lowest BCUT2D eigenvalue weighted by Gasteiger charge is -2.01. The number of benzene rings is 1. The zero-order chi connectivity index (χ0) is 10.8. The van der Waals surface area contributed by atoms with E-state index in [1.54, 1.807) is 18.5 Å². The van der Waals surface area contributed by atoms with Crippen molar-refractivity contribution in [2.45, 2.75) is 6.92 Å². The standard InChI is InChI=1S/C12H10BrNO/c1-8-4-10(6-11(13)5-8)12(15)9-2-3-14-7-9/h2-7,14H,1H3. The van der Waals surface area contributed by atoms with Gasteiger partial charge < -0.3 is 4.98 Å². The van der Waals surface area contributed by atoms with E-state index in [1.807, 2.05) is 25.1 Å². The van der Waals surface area contributed by atoms with E-state index in [0.29, 0.717) is 11.1 Å². The van der Waals surface area contributed by atoms with Crippen LogP contribution in [0.5, 0.6) is 0 Å². The summed E-state index contributed by atoms with van der Waals surface area (Å²) in [5, 5.41) is 0. The molecule has 1 N–H and O–H groups in total. The van der Waals surface area contributed by atoms with E-state index >= 15 is 0 Å². The molecule has 15 heavy (non-hydrogen) atoms. The maximum Gasteiger partial charge on any atom is 0.194 e. The van der Waals surface area contributed by atoms with E-state index in [9.17, 15) is 4.79 Å². The van der Waals surface area contributed by atoms with E-state index < -0.39 is 0 Å². The van der Waals surface area contributed by atoms with Crippen molar-refractivity contribution in [1.82, 2.24) is 4.98 Å². The van der Waals surface area contributed by atoms with Crippen molar-refractivity contribution >= 4 is 21.7 Å². The number of aryl methyl sites for hydroxylation is 1. The third-order valence-electron chi connectivity index (χ3n) is 2.16. The Morgan fingerprint density at radius 1 is 1.27 bits per heavy atom. The second-order valence-corrected chi connectivity index (χ2v) is 4.36. The van der Waals surface area contributed by atoms with Crippen LogP contribution in [0.25, 0.3) is 0 Å². The molecule has 1 aromatic heterocycles. The van der Waals surface area contributed by atoms with E-state index in [4.69, 9.17) is 0 Å². The molecule has 0 bridgehead atoms. The number of hydrogen-bond acceptors (Lipinski definition) is 1. The van der Waals surface area contributed by atoms with Gasteiger partial charge in [-0.1, -0.05) is 15.9 Å². The molecule has 2 rings (SSSR count). The average molecular weight is 264 g/mol. The topological polar surface area (TPSA) is 32.9 Å². The predicted octanol–water partition coefficient (Wildman–Crippen LogP) is 3.32. The normalized spacial score (nSPS) is 10.3. The Labute approximate surface area is 96.5 Å². The molecule has 0 saturated heterocycles. The largest absolute Gasteiger partial charge is 0.367 e. The van der Waals surface area contributed by atoms with Gasteiger partial charge in [-0.05, 0) is 36.8 Å². The lowest BCUT2D eigenvalue weighted by Crippen LogP contribution is -2.00. The fraction of sp³-hybridized carbons (Fsp3) is 0.0833. The molecule has 3 heteroatoms. The number of H-pyrrole nitrogens is 1. The molecule has 0 radical (unpaired) electrons. The summed E-state index contributed by atoms with van der Waals surface area (Å²) in [5.41, 5.74) is 2.47. The molecule has 0 aliphatic heterocycles. The minimum absolute atomic E-state index is 0.0423. The Kier molecular flexibility index (Phi) is 2.73. The number of halogens is 1. The van der Waals surface area contributed by atoms with Crippen molar-refractivity contribution in [3.05, 3.63) is 57.8 Å². The number of ketones is 1. The van der Waals surface area contributed by atoms with Crippen LogP contribution in [0.3, 0.4) is 0 Å². The van der Waals surface area contributed by atoms with Crippen molar-refractivity contribution < 1.29 is 4.79 Å². The number of nitrogens with one attached hydrogen (secondary N) is 1. The Hall–Kier alpha value is -1.35. The lowest BCUT2D eigenvalue weighted by molar-refractivity contribution is 0.103. The summed E-state index contributed by atoms with van der Waals surface area (Å²) in [6.07, 6.45) is 3.46. The van der Waals surface area contributed by atoms with Gasteiger partial charge >= 0.3 is 0 Å². The monoisotopic (exact) mass is 263 g/mol. The Balaban J connectivity index is 2.42. The van der Waals surface area contributed by atoms with Gasteiger partial charge in [-0.25, -0.2) is 0 Å². The Bertz CT molecular complexity index is 468. The minimum atomic E-state index is 0.0423. The van der Waals surface area contributed by atoms with Gasteiger partial charge in [0.2, 0.25) is 0 Å². The van der Waals surface area contributed by atoms with Crippen molar-refractivity contribution in [1.29, 1.82) is 0 Å². The van der Waals surface area contributed by atoms with Gasteiger partial charge in [0.15, 0.2) is 5.78 Å². The van der Waals surface area contributed by atoms with Crippen molar-refractivity contribution in [3.8, 4) is 0 Å². The van der Waals surface area contributed by atoms with E-state index in [1.165, 1.54) is 0 Å². The molecule has 0 aliphatic carbocycles. The van der Waals surface area contributed by atoms with Gasteiger partial charge in [0.1, 0.15) is 0 Å². The van der Waals surface area contributed by atoms with Gasteiger partial charge in [0.05, 0.1) is 0 Å². The molecule has 1 aromatic carbocycles. The summed E-state index contributed by atoms with van der Waals surface area (Å²) < 4.78 is 0.932. The van der Waals surface area contributed by atoms with Crippen molar-refractivity contribution in [3.63, 3.8) is 0 Å². The zero-order valence-electron chi connectivity index (χ0n) is 8.25. The summed E-state index contributed by atoms with van der Waals surface area (Å²) in [6.45, 7) is 1.97. The molecule has 0 saturated carbocycles. The maximum absolute atomic E-state index is 12.0. The van der Waals surface area contributed by atoms with E-state index in [0.717, 1.165) is 10.0 Å². The number of carbonyl (C=O) groups excluding carboxylic acids is 1. The highest BCUT2D eigenvalue weighted by molar-refractivity contribution is 9.10. The van der Waals surface area contributed by atoms with E-state index in [-0.39, 0.29) is 5.78 Å². The molecule has 76 valence electrons. The number of rotatable bonds is 2. The second-order valence-electron chi connectivity index (χ2n) is 3.45. The predicted molar refractivity (Wildman–Crippen MR) is 63.1 cm³/mol. The number of aromatic nitrogens is 1. The lowest BCUT2D eigenvalue weighted by atomic mass is 10.0. The first kappa shape index (κ1) is 10.2. The first-order chi connectivity index (χ1) is 7.16. The van der Waals surface area contributed by atoms with Gasteiger partial charge in [-0.3, -0.25) is 4.79 Å². The molecule has 0 atom stereocenters. The third kappa shape index (κ3) is 2.18. The van der Waals surface area contributed by atoms with E-state index in [2.05, 4.69) is 20.9 Å². The molecule has 2 aromatic rings. The van der Waals surface area contributed by atoms with Gasteiger partial charge in [0, 0.05) is 28.0 Å². The third-order valence-corrected chi connectivity index (χ3v) is 2.62. The summed E-state index contributed by atoms with van der Waals surface area (Å²) in [7, 11) is 0. The smallest absolute Gasteiger partial charge is 0.194 e. The first-order valence-electron chi connectivity index (χ1n) is 4.61. The molecular formula is C12H10BrNO. The minimum Gasteiger partial charge on any atom is -0.367 e. The molecule has 2 nitrogen and oxygen atoms in total. The molecule has 0 spiro atoms. The highest BCUT2D eigenvalue weighted by Crippen LogP contribution is 2.17. The van der Waals surface area contributed by atoms with Crippen LogP contribution in [-0.2, 0) is 0 Å². The summed E-state index contributed by atoms with van der Waals surface area (Å²) >= 11 is 3.38. The summed E-state index contributed by atoms with van der Waals surface area (Å²) in [5.74, 6) is 0.0423. The molecule has 0 aliphatic rings. The van der Waals surface area contributed by atoms with Crippen LogP contribution in [0, 0.1) is 6.92 Å². The highest BCUT2D eigenvalue weighted by atomic mass is 79.9. The van der Waals surface area contributed by atoms with Crippen LogP contribution < -0.4 is 0 Å². The SMILES string of the molecule is Cc1cc(Br)cc(C(=O)c2cc[nH]c2)c1. The molecule has 0 fully saturated rings. The van der Waals surface area contributed by atoms with Gasteiger partial charge in [-0.15, -0.1) is 0 Å².